The molecule has 6 heterocycles. The average Bonchev–Trinajstić information content (AvgIpc) is 4.03. The summed E-state index contributed by atoms with van der Waals surface area (Å²) in [4.78, 5) is 10.2. The van der Waals surface area contributed by atoms with Crippen molar-refractivity contribution in [3.63, 3.8) is 0 Å². The van der Waals surface area contributed by atoms with Crippen molar-refractivity contribution in [1.82, 2.24) is 14.1 Å². The fourth-order valence-electron chi connectivity index (χ4n) is 12.4. The van der Waals surface area contributed by atoms with Crippen molar-refractivity contribution in [3.8, 4) is 28.7 Å². The van der Waals surface area contributed by atoms with E-state index in [4.69, 9.17) is 9.72 Å². The first-order valence-electron chi connectivity index (χ1n) is 25.8. The SMILES string of the molecule is CC(C)(C)c1ccnc(-n2c3[c-]c(Oc4[c-]c5c(cc4)[Si](C)(C)c4cccc6c4n-5[c-][n+]6-c4ccccc4)ccc3c3c4c5c(cc32)N(c2ccccc2)c2ccccc2B5c2ccccc2N4c2ccccc2)c1.[Pt]. The Labute approximate surface area is 458 Å². The molecular formula is C66H49BN6OPtSi-2. The molecule has 10 heteroatoms. The topological polar surface area (TPSA) is 42.3 Å². The normalized spacial score (nSPS) is 13.8. The van der Waals surface area contributed by atoms with Crippen molar-refractivity contribution in [2.75, 3.05) is 9.80 Å². The standard InChI is InChI=1S/C66H49BN6OSi.Pt/c1-66(2,3)43-36-37-68-61(38-43)73-55-39-47(74-48-33-35-59-56(40-48)70-42-69(44-20-9-6-10-21-44)54-30-19-31-60(64(54)70)75(59,4)5)32-34-49(55)62-57(73)41-58-63-65(62)72(46-24-13-8-14-25-46)53-29-18-16-27-51(53)67(63)50-26-15-17-28-52(50)71(58)45-22-11-7-12-23-45;/h6-38,41H,1-5H3;/q-2;. The Kier molecular flexibility index (Phi) is 10.5. The van der Waals surface area contributed by atoms with E-state index in [1.807, 2.05) is 6.20 Å². The Balaban J connectivity index is 0.00000528. The molecule has 0 amide bonds. The van der Waals surface area contributed by atoms with Crippen LogP contribution in [0.1, 0.15) is 26.3 Å². The summed E-state index contributed by atoms with van der Waals surface area (Å²) in [6, 6.07) is 79.9. The molecule has 3 aliphatic rings. The quantitative estimate of drug-likeness (QED) is 0.0945. The van der Waals surface area contributed by atoms with Crippen LogP contribution < -0.4 is 45.9 Å². The van der Waals surface area contributed by atoms with Gasteiger partial charge in [0.1, 0.15) is 5.82 Å². The third kappa shape index (κ3) is 6.78. The smallest absolute Gasteiger partial charge is 0.268 e. The van der Waals surface area contributed by atoms with Crippen molar-refractivity contribution in [2.45, 2.75) is 39.3 Å². The first-order valence-corrected chi connectivity index (χ1v) is 28.8. The van der Waals surface area contributed by atoms with Gasteiger partial charge in [-0.25, -0.2) is 4.98 Å². The molecule has 0 atom stereocenters. The molecule has 0 aliphatic carbocycles. The van der Waals surface area contributed by atoms with Gasteiger partial charge in [-0.1, -0.05) is 159 Å². The van der Waals surface area contributed by atoms with E-state index in [9.17, 15) is 0 Å². The Hall–Kier alpha value is -8.23. The molecule has 3 aromatic heterocycles. The van der Waals surface area contributed by atoms with E-state index in [-0.39, 0.29) is 33.2 Å². The number of hydrogen-bond acceptors (Lipinski definition) is 4. The molecule has 0 spiro atoms. The van der Waals surface area contributed by atoms with Gasteiger partial charge < -0.3 is 23.7 Å². The zero-order valence-electron chi connectivity index (χ0n) is 42.6. The minimum atomic E-state index is -2.17. The van der Waals surface area contributed by atoms with Crippen LogP contribution >= 0.6 is 0 Å². The summed E-state index contributed by atoms with van der Waals surface area (Å²) in [6.45, 7) is 11.6. The van der Waals surface area contributed by atoms with Gasteiger partial charge in [0.25, 0.3) is 13.0 Å². The van der Waals surface area contributed by atoms with E-state index in [1.54, 1.807) is 0 Å². The molecule has 0 saturated heterocycles. The largest absolute Gasteiger partial charge is 0.510 e. The minimum absolute atomic E-state index is 0. The second-order valence-electron chi connectivity index (χ2n) is 21.6. The van der Waals surface area contributed by atoms with Crippen LogP contribution in [0.3, 0.4) is 0 Å². The number of para-hydroxylation sites is 6. The molecule has 3 aliphatic heterocycles. The van der Waals surface area contributed by atoms with E-state index in [1.165, 1.54) is 37.8 Å². The summed E-state index contributed by atoms with van der Waals surface area (Å²) < 4.78 is 13.7. The summed E-state index contributed by atoms with van der Waals surface area (Å²) >= 11 is 0. The maximum atomic E-state index is 7.02. The van der Waals surface area contributed by atoms with E-state index in [0.717, 1.165) is 78.6 Å². The predicted molar refractivity (Wildman–Crippen MR) is 309 cm³/mol. The zero-order chi connectivity index (χ0) is 50.3. The molecular weight excluding hydrogens is 1130 g/mol. The molecule has 368 valence electrons. The number of nitrogens with zero attached hydrogens (tertiary/aromatic N) is 6. The van der Waals surface area contributed by atoms with Gasteiger partial charge in [-0.3, -0.25) is 4.57 Å². The van der Waals surface area contributed by atoms with Gasteiger partial charge in [-0.15, -0.1) is 29.5 Å². The number of anilines is 6. The Morgan fingerprint density at radius 2 is 1.24 bits per heavy atom. The fraction of sp³-hybridized carbons (Fsp3) is 0.0909. The van der Waals surface area contributed by atoms with Gasteiger partial charge in [0.15, 0.2) is 0 Å². The van der Waals surface area contributed by atoms with Crippen LogP contribution in [-0.2, 0) is 26.5 Å². The molecule has 7 nitrogen and oxygen atoms in total. The van der Waals surface area contributed by atoms with Gasteiger partial charge in [0, 0.05) is 86.5 Å². The molecule has 0 N–H and O–H groups in total. The number of imidazole rings is 1. The van der Waals surface area contributed by atoms with Crippen molar-refractivity contribution in [2.24, 2.45) is 0 Å². The van der Waals surface area contributed by atoms with E-state index in [2.05, 4.69) is 276 Å². The zero-order valence-corrected chi connectivity index (χ0v) is 45.9. The van der Waals surface area contributed by atoms with E-state index in [0.29, 0.717) is 11.5 Å². The molecule has 0 unspecified atom stereocenters. The summed E-state index contributed by atoms with van der Waals surface area (Å²) in [5, 5.41) is 4.85. The molecule has 12 aromatic rings. The van der Waals surface area contributed by atoms with Crippen LogP contribution in [0.4, 0.5) is 34.1 Å². The average molecular weight is 1180 g/mol. The van der Waals surface area contributed by atoms with Crippen LogP contribution in [0.15, 0.2) is 206 Å². The van der Waals surface area contributed by atoms with Crippen LogP contribution in [0.5, 0.6) is 11.5 Å². The number of benzene rings is 9. The Morgan fingerprint density at radius 3 is 1.95 bits per heavy atom. The van der Waals surface area contributed by atoms with Crippen LogP contribution in [-0.4, -0.2) is 28.9 Å². The predicted octanol–water partition coefficient (Wildman–Crippen LogP) is 12.1. The number of aromatic nitrogens is 4. The molecule has 15 rings (SSSR count). The second-order valence-corrected chi connectivity index (χ2v) is 25.9. The van der Waals surface area contributed by atoms with Gasteiger partial charge in [-0.2, -0.15) is 12.1 Å². The molecule has 0 fully saturated rings. The maximum Gasteiger partial charge on any atom is 0.268 e. The van der Waals surface area contributed by atoms with Gasteiger partial charge >= 0.3 is 0 Å². The number of ether oxygens (including phenoxy) is 1. The number of pyridine rings is 1. The monoisotopic (exact) mass is 1180 g/mol. The van der Waals surface area contributed by atoms with Gasteiger partial charge in [-0.05, 0) is 105 Å². The fourth-order valence-corrected chi connectivity index (χ4v) is 15.3. The van der Waals surface area contributed by atoms with E-state index < -0.39 is 8.07 Å². The second kappa shape index (κ2) is 17.2. The van der Waals surface area contributed by atoms with Crippen LogP contribution in [0, 0.1) is 18.5 Å². The molecule has 0 bridgehead atoms. The molecule has 0 saturated carbocycles. The van der Waals surface area contributed by atoms with Crippen molar-refractivity contribution >= 4 is 109 Å². The number of hydrogen-bond donors (Lipinski definition) is 0. The molecule has 9 aromatic carbocycles. The summed E-state index contributed by atoms with van der Waals surface area (Å²) in [7, 11) is -2.17. The minimum Gasteiger partial charge on any atom is -0.510 e. The first-order chi connectivity index (χ1) is 36.6. The van der Waals surface area contributed by atoms with Crippen LogP contribution in [0.2, 0.25) is 13.1 Å². The van der Waals surface area contributed by atoms with Crippen molar-refractivity contribution < 1.29 is 30.4 Å². The van der Waals surface area contributed by atoms with Crippen molar-refractivity contribution in [3.05, 3.63) is 230 Å². The molecule has 0 radical (unpaired) electrons. The van der Waals surface area contributed by atoms with E-state index >= 15 is 0 Å². The third-order valence-corrected chi connectivity index (χ3v) is 19.4. The maximum absolute atomic E-state index is 7.02. The third-order valence-electron chi connectivity index (χ3n) is 15.9. The van der Waals surface area contributed by atoms with Crippen molar-refractivity contribution in [1.29, 1.82) is 0 Å². The van der Waals surface area contributed by atoms with Gasteiger partial charge in [0.05, 0.1) is 16.7 Å². The summed E-state index contributed by atoms with van der Waals surface area (Å²) in [5.74, 6) is 2.01. The number of fused-ring (bicyclic) bond motifs is 10. The Morgan fingerprint density at radius 1 is 0.605 bits per heavy atom. The molecule has 76 heavy (non-hydrogen) atoms. The Bertz CT molecular complexity index is 4310. The summed E-state index contributed by atoms with van der Waals surface area (Å²) in [6.07, 6.45) is 5.69. The van der Waals surface area contributed by atoms with Gasteiger partial charge in [0.2, 0.25) is 0 Å². The number of rotatable bonds is 6. The van der Waals surface area contributed by atoms with Crippen LogP contribution in [0.25, 0.3) is 50.0 Å². The summed E-state index contributed by atoms with van der Waals surface area (Å²) in [5.41, 5.74) is 17.9. The first kappa shape index (κ1) is 46.3.